The molecule has 138 valence electrons. The molecule has 0 unspecified atom stereocenters. The second kappa shape index (κ2) is 8.30. The van der Waals surface area contributed by atoms with Crippen LogP contribution in [-0.2, 0) is 4.79 Å². The first-order valence-electron chi connectivity index (χ1n) is 9.51. The maximum atomic E-state index is 12.3. The van der Waals surface area contributed by atoms with Gasteiger partial charge in [-0.1, -0.05) is 30.7 Å². The number of anilines is 1. The fraction of sp³-hybridized carbons (Fsp3) is 0.476. The largest absolute Gasteiger partial charge is 0.356 e. The van der Waals surface area contributed by atoms with E-state index in [2.05, 4.69) is 59.2 Å². The Morgan fingerprint density at radius 3 is 2.73 bits per heavy atom. The Balaban J connectivity index is 1.65. The van der Waals surface area contributed by atoms with Gasteiger partial charge in [-0.25, -0.2) is 9.97 Å². The first-order chi connectivity index (χ1) is 12.6. The number of benzene rings is 1. The van der Waals surface area contributed by atoms with E-state index in [1.165, 1.54) is 5.56 Å². The average molecular weight is 352 g/mol. The fourth-order valence-electron chi connectivity index (χ4n) is 3.32. The Morgan fingerprint density at radius 2 is 2.04 bits per heavy atom. The molecule has 26 heavy (non-hydrogen) atoms. The van der Waals surface area contributed by atoms with Crippen LogP contribution in [0.4, 0.5) is 5.82 Å². The first-order valence-corrected chi connectivity index (χ1v) is 9.51. The Bertz CT molecular complexity index is 753. The van der Waals surface area contributed by atoms with Gasteiger partial charge in [0.2, 0.25) is 5.91 Å². The lowest BCUT2D eigenvalue weighted by atomic mass is 9.95. The number of piperidine rings is 1. The highest BCUT2D eigenvalue weighted by Gasteiger charge is 2.26. The molecule has 5 nitrogen and oxygen atoms in total. The zero-order valence-electron chi connectivity index (χ0n) is 15.9. The summed E-state index contributed by atoms with van der Waals surface area (Å²) in [5, 5.41) is 3.11. The molecular formula is C21H28N4O. The average Bonchev–Trinajstić information content (AvgIpc) is 2.68. The summed E-state index contributed by atoms with van der Waals surface area (Å²) in [5.74, 6) is 1.25. The molecule has 1 aliphatic heterocycles. The molecular weight excluding hydrogens is 324 g/mol. The maximum absolute atomic E-state index is 12.3. The Kier molecular flexibility index (Phi) is 5.86. The van der Waals surface area contributed by atoms with E-state index in [0.29, 0.717) is 0 Å². The van der Waals surface area contributed by atoms with Gasteiger partial charge in [0.1, 0.15) is 12.1 Å². The second-order valence-corrected chi connectivity index (χ2v) is 7.21. The Morgan fingerprint density at radius 1 is 1.27 bits per heavy atom. The molecule has 1 saturated heterocycles. The minimum absolute atomic E-state index is 0.110. The molecule has 1 aromatic heterocycles. The summed E-state index contributed by atoms with van der Waals surface area (Å²) >= 11 is 0. The summed E-state index contributed by atoms with van der Waals surface area (Å²) in [4.78, 5) is 23.5. The maximum Gasteiger partial charge on any atom is 0.223 e. The van der Waals surface area contributed by atoms with Crippen molar-refractivity contribution in [2.24, 2.45) is 5.92 Å². The van der Waals surface area contributed by atoms with E-state index in [1.807, 2.05) is 12.1 Å². The van der Waals surface area contributed by atoms with E-state index in [-0.39, 0.29) is 17.9 Å². The van der Waals surface area contributed by atoms with E-state index in [4.69, 9.17) is 0 Å². The van der Waals surface area contributed by atoms with Gasteiger partial charge in [0.05, 0.1) is 5.69 Å². The molecule has 0 spiro atoms. The Hall–Kier alpha value is -2.43. The lowest BCUT2D eigenvalue weighted by Gasteiger charge is -2.32. The van der Waals surface area contributed by atoms with Crippen molar-refractivity contribution in [2.75, 3.05) is 18.0 Å². The highest BCUT2D eigenvalue weighted by atomic mass is 16.1. The number of aromatic nitrogens is 2. The molecule has 1 fully saturated rings. The first kappa shape index (κ1) is 18.4. The number of carbonyl (C=O) groups excluding carboxylic acids is 1. The fourth-order valence-corrected chi connectivity index (χ4v) is 3.32. The molecule has 1 atom stereocenters. The predicted octanol–water partition coefficient (Wildman–Crippen LogP) is 3.58. The van der Waals surface area contributed by atoms with Crippen molar-refractivity contribution < 1.29 is 4.79 Å². The monoisotopic (exact) mass is 352 g/mol. The zero-order chi connectivity index (χ0) is 18.5. The highest BCUT2D eigenvalue weighted by molar-refractivity contribution is 5.79. The zero-order valence-corrected chi connectivity index (χ0v) is 15.9. The van der Waals surface area contributed by atoms with Crippen molar-refractivity contribution in [3.63, 3.8) is 0 Å². The van der Waals surface area contributed by atoms with Crippen molar-refractivity contribution >= 4 is 11.7 Å². The summed E-state index contributed by atoms with van der Waals surface area (Å²) in [6.45, 7) is 7.93. The molecule has 0 aliphatic carbocycles. The Labute approximate surface area is 155 Å². The smallest absolute Gasteiger partial charge is 0.223 e. The lowest BCUT2D eigenvalue weighted by Crippen LogP contribution is -2.43. The van der Waals surface area contributed by atoms with Crippen molar-refractivity contribution in [3.8, 4) is 11.3 Å². The summed E-state index contributed by atoms with van der Waals surface area (Å²) in [6, 6.07) is 10.6. The molecule has 1 N–H and O–H groups in total. The predicted molar refractivity (Wildman–Crippen MR) is 105 cm³/mol. The van der Waals surface area contributed by atoms with Crippen LogP contribution in [0.15, 0.2) is 36.7 Å². The lowest BCUT2D eigenvalue weighted by molar-refractivity contribution is -0.126. The van der Waals surface area contributed by atoms with Gasteiger partial charge in [-0.05, 0) is 39.2 Å². The van der Waals surface area contributed by atoms with Crippen molar-refractivity contribution in [2.45, 2.75) is 46.1 Å². The van der Waals surface area contributed by atoms with Crippen LogP contribution in [0.5, 0.6) is 0 Å². The van der Waals surface area contributed by atoms with E-state index < -0.39 is 0 Å². The number of rotatable bonds is 5. The number of nitrogens with one attached hydrogen (secondary N) is 1. The van der Waals surface area contributed by atoms with Gasteiger partial charge in [-0.2, -0.15) is 0 Å². The van der Waals surface area contributed by atoms with E-state index >= 15 is 0 Å². The van der Waals surface area contributed by atoms with Gasteiger partial charge in [0.15, 0.2) is 0 Å². The van der Waals surface area contributed by atoms with Crippen LogP contribution in [0.3, 0.4) is 0 Å². The minimum atomic E-state index is 0.110. The molecule has 3 rings (SSSR count). The topological polar surface area (TPSA) is 58.1 Å². The number of amides is 1. The highest BCUT2D eigenvalue weighted by Crippen LogP contribution is 2.25. The van der Waals surface area contributed by atoms with Crippen LogP contribution in [0, 0.1) is 12.8 Å². The summed E-state index contributed by atoms with van der Waals surface area (Å²) in [7, 11) is 0. The van der Waals surface area contributed by atoms with Crippen molar-refractivity contribution in [1.82, 2.24) is 15.3 Å². The SMILES string of the molecule is CC[C@H](C)NC(=O)C1CCN(c2cc(-c3cccc(C)c3)ncn2)CC1. The molecule has 2 heterocycles. The van der Waals surface area contributed by atoms with Crippen LogP contribution >= 0.6 is 0 Å². The molecule has 1 amide bonds. The molecule has 0 saturated carbocycles. The van der Waals surface area contributed by atoms with Crippen LogP contribution in [0.1, 0.15) is 38.7 Å². The van der Waals surface area contributed by atoms with Crippen LogP contribution < -0.4 is 10.2 Å². The van der Waals surface area contributed by atoms with Crippen LogP contribution in [0.25, 0.3) is 11.3 Å². The summed E-state index contributed by atoms with van der Waals surface area (Å²) in [5.41, 5.74) is 3.27. The van der Waals surface area contributed by atoms with Gasteiger partial charge in [-0.15, -0.1) is 0 Å². The molecule has 1 aromatic carbocycles. The molecule has 0 radical (unpaired) electrons. The number of hydrogen-bond donors (Lipinski definition) is 1. The molecule has 5 heteroatoms. The standard InChI is InChI=1S/C21H28N4O/c1-4-16(3)24-21(26)17-8-10-25(11-9-17)20-13-19(22-14-23-20)18-7-5-6-15(2)12-18/h5-7,12-14,16-17H,4,8-11H2,1-3H3,(H,24,26)/t16-/m0/s1. The van der Waals surface area contributed by atoms with Crippen molar-refractivity contribution in [3.05, 3.63) is 42.2 Å². The minimum Gasteiger partial charge on any atom is -0.356 e. The normalized spacial score (nSPS) is 16.3. The van der Waals surface area contributed by atoms with Gasteiger partial charge in [-0.3, -0.25) is 4.79 Å². The number of aryl methyl sites for hydroxylation is 1. The van der Waals surface area contributed by atoms with E-state index in [1.54, 1.807) is 6.33 Å². The van der Waals surface area contributed by atoms with Crippen LogP contribution in [-0.4, -0.2) is 35.0 Å². The van der Waals surface area contributed by atoms with Crippen LogP contribution in [0.2, 0.25) is 0 Å². The summed E-state index contributed by atoms with van der Waals surface area (Å²) in [6.07, 6.45) is 4.33. The number of nitrogens with zero attached hydrogens (tertiary/aromatic N) is 3. The van der Waals surface area contributed by atoms with Gasteiger partial charge < -0.3 is 10.2 Å². The molecule has 2 aromatic rings. The number of carbonyl (C=O) groups is 1. The third-order valence-corrected chi connectivity index (χ3v) is 5.16. The van der Waals surface area contributed by atoms with Gasteiger partial charge in [0, 0.05) is 36.7 Å². The molecule has 1 aliphatic rings. The third-order valence-electron chi connectivity index (χ3n) is 5.16. The number of hydrogen-bond acceptors (Lipinski definition) is 4. The second-order valence-electron chi connectivity index (χ2n) is 7.21. The molecule has 0 bridgehead atoms. The van der Waals surface area contributed by atoms with Gasteiger partial charge in [0.25, 0.3) is 0 Å². The van der Waals surface area contributed by atoms with Crippen molar-refractivity contribution in [1.29, 1.82) is 0 Å². The summed E-state index contributed by atoms with van der Waals surface area (Å²) < 4.78 is 0. The van der Waals surface area contributed by atoms with Gasteiger partial charge >= 0.3 is 0 Å². The quantitative estimate of drug-likeness (QED) is 0.893. The van der Waals surface area contributed by atoms with E-state index in [0.717, 1.165) is 49.4 Å². The van der Waals surface area contributed by atoms with E-state index in [9.17, 15) is 4.79 Å². The third kappa shape index (κ3) is 4.40.